The van der Waals surface area contributed by atoms with Gasteiger partial charge in [-0.15, -0.1) is 11.3 Å². The summed E-state index contributed by atoms with van der Waals surface area (Å²) in [4.78, 5) is 32.0. The van der Waals surface area contributed by atoms with Crippen molar-refractivity contribution in [1.29, 1.82) is 0 Å². The summed E-state index contributed by atoms with van der Waals surface area (Å²) in [7, 11) is 0. The van der Waals surface area contributed by atoms with Gasteiger partial charge in [-0.25, -0.2) is 0 Å². The number of carbonyl (C=O) groups is 2. The van der Waals surface area contributed by atoms with E-state index in [4.69, 9.17) is 0 Å². The van der Waals surface area contributed by atoms with Gasteiger partial charge in [0.05, 0.1) is 12.6 Å². The number of amides is 2. The number of fused-ring (bicyclic) bond motifs is 1. The van der Waals surface area contributed by atoms with Gasteiger partial charge in [0.25, 0.3) is 0 Å². The Hall–Kier alpha value is -2.14. The topological polar surface area (TPSA) is 40.6 Å². The fourth-order valence-electron chi connectivity index (χ4n) is 5.32. The van der Waals surface area contributed by atoms with Crippen LogP contribution in [0.5, 0.6) is 0 Å². The van der Waals surface area contributed by atoms with Crippen molar-refractivity contribution in [1.82, 2.24) is 9.80 Å². The first-order chi connectivity index (χ1) is 17.8. The van der Waals surface area contributed by atoms with Gasteiger partial charge in [0, 0.05) is 24.4 Å². The molecule has 204 valence electrons. The average molecular weight is 525 g/mol. The van der Waals surface area contributed by atoms with Gasteiger partial charge in [0.1, 0.15) is 0 Å². The maximum atomic E-state index is 13.7. The van der Waals surface area contributed by atoms with Gasteiger partial charge < -0.3 is 9.80 Å². The van der Waals surface area contributed by atoms with E-state index in [9.17, 15) is 9.59 Å². The van der Waals surface area contributed by atoms with Gasteiger partial charge >= 0.3 is 0 Å². The zero-order chi connectivity index (χ0) is 26.8. The lowest BCUT2D eigenvalue weighted by Crippen LogP contribution is -2.47. The van der Waals surface area contributed by atoms with E-state index < -0.39 is 0 Å². The molecule has 2 amide bonds. The Labute approximate surface area is 229 Å². The van der Waals surface area contributed by atoms with Crippen molar-refractivity contribution in [3.05, 3.63) is 57.3 Å². The van der Waals surface area contributed by atoms with Crippen LogP contribution < -0.4 is 0 Å². The van der Waals surface area contributed by atoms with Crippen LogP contribution in [0.4, 0.5) is 0 Å². The predicted octanol–water partition coefficient (Wildman–Crippen LogP) is 7.90. The van der Waals surface area contributed by atoms with Crippen LogP contribution in [-0.4, -0.2) is 41.2 Å². The number of hydrogen-bond donors (Lipinski definition) is 0. The summed E-state index contributed by atoms with van der Waals surface area (Å²) in [6, 6.07) is 10.9. The van der Waals surface area contributed by atoms with Crippen LogP contribution in [0.3, 0.4) is 0 Å². The molecular weight excluding hydrogens is 476 g/mol. The van der Waals surface area contributed by atoms with Crippen molar-refractivity contribution in [2.75, 3.05) is 19.6 Å². The van der Waals surface area contributed by atoms with Gasteiger partial charge in [-0.1, -0.05) is 97.4 Å². The third-order valence-electron chi connectivity index (χ3n) is 7.55. The molecule has 1 atom stereocenters. The van der Waals surface area contributed by atoms with Crippen LogP contribution >= 0.6 is 11.3 Å². The van der Waals surface area contributed by atoms with E-state index in [-0.39, 0.29) is 29.8 Å². The second kappa shape index (κ2) is 14.1. The van der Waals surface area contributed by atoms with Gasteiger partial charge in [-0.3, -0.25) is 9.59 Å². The molecule has 0 radical (unpaired) electrons. The molecule has 3 rings (SSSR count). The van der Waals surface area contributed by atoms with Crippen molar-refractivity contribution >= 4 is 23.2 Å². The first-order valence-corrected chi connectivity index (χ1v) is 15.4. The number of carbonyl (C=O) groups excluding carboxylic acids is 2. The molecular formula is C32H48N2O2S. The molecule has 1 aromatic heterocycles. The summed E-state index contributed by atoms with van der Waals surface area (Å²) < 4.78 is 0. The van der Waals surface area contributed by atoms with Crippen molar-refractivity contribution in [3.63, 3.8) is 0 Å². The highest BCUT2D eigenvalue weighted by atomic mass is 32.1. The number of thiophene rings is 1. The summed E-state index contributed by atoms with van der Waals surface area (Å²) in [6.45, 7) is 12.5. The Balaban J connectivity index is 1.68. The standard InChI is InChI=1S/C32H48N2O2S/c1-6-8-9-10-11-12-13-14-29(35)33(21-7-2)24-30(36)34-22-19-28-27(20-23-37-28)31(34)25-15-17-26(18-16-25)32(3,4)5/h15-18,20,23,31H,6-14,19,21-22,24H2,1-5H3. The van der Waals surface area contributed by atoms with E-state index in [2.05, 4.69) is 70.3 Å². The van der Waals surface area contributed by atoms with Crippen LogP contribution in [0, 0.1) is 0 Å². The molecule has 0 aliphatic carbocycles. The second-order valence-corrected chi connectivity index (χ2v) is 12.6. The smallest absolute Gasteiger partial charge is 0.242 e. The second-order valence-electron chi connectivity index (χ2n) is 11.6. The summed E-state index contributed by atoms with van der Waals surface area (Å²) in [5.41, 5.74) is 3.77. The molecule has 37 heavy (non-hydrogen) atoms. The van der Waals surface area contributed by atoms with Gasteiger partial charge in [-0.2, -0.15) is 0 Å². The number of benzene rings is 1. The summed E-state index contributed by atoms with van der Waals surface area (Å²) >= 11 is 1.79. The van der Waals surface area contributed by atoms with E-state index in [1.165, 1.54) is 48.1 Å². The molecule has 0 spiro atoms. The van der Waals surface area contributed by atoms with E-state index in [1.807, 2.05) is 9.80 Å². The number of hydrogen-bond acceptors (Lipinski definition) is 3. The Morgan fingerprint density at radius 1 is 0.946 bits per heavy atom. The molecule has 1 unspecified atom stereocenters. The van der Waals surface area contributed by atoms with E-state index >= 15 is 0 Å². The molecule has 0 fully saturated rings. The van der Waals surface area contributed by atoms with Crippen molar-refractivity contribution in [2.45, 2.75) is 110 Å². The molecule has 2 heterocycles. The van der Waals surface area contributed by atoms with Gasteiger partial charge in [-0.05, 0) is 52.8 Å². The maximum Gasteiger partial charge on any atom is 0.242 e. The predicted molar refractivity (Wildman–Crippen MR) is 156 cm³/mol. The fourth-order valence-corrected chi connectivity index (χ4v) is 6.22. The monoisotopic (exact) mass is 524 g/mol. The molecule has 0 saturated carbocycles. The molecule has 4 nitrogen and oxygen atoms in total. The molecule has 1 aromatic carbocycles. The number of nitrogens with zero attached hydrogens (tertiary/aromatic N) is 2. The number of rotatable bonds is 13. The normalized spacial score (nSPS) is 15.5. The minimum atomic E-state index is -0.0850. The van der Waals surface area contributed by atoms with E-state index in [0.717, 1.165) is 31.2 Å². The Kier molecular flexibility index (Phi) is 11.2. The molecule has 1 aliphatic rings. The van der Waals surface area contributed by atoms with E-state index in [0.29, 0.717) is 19.5 Å². The third kappa shape index (κ3) is 8.17. The van der Waals surface area contributed by atoms with Crippen LogP contribution in [0.1, 0.15) is 120 Å². The minimum absolute atomic E-state index is 0.0584. The van der Waals surface area contributed by atoms with Gasteiger partial charge in [0.2, 0.25) is 11.8 Å². The Morgan fingerprint density at radius 2 is 1.62 bits per heavy atom. The van der Waals surface area contributed by atoms with Crippen LogP contribution in [0.15, 0.2) is 35.7 Å². The Morgan fingerprint density at radius 3 is 2.27 bits per heavy atom. The van der Waals surface area contributed by atoms with Crippen LogP contribution in [-0.2, 0) is 21.4 Å². The molecule has 0 N–H and O–H groups in total. The van der Waals surface area contributed by atoms with Crippen LogP contribution in [0.25, 0.3) is 0 Å². The third-order valence-corrected chi connectivity index (χ3v) is 8.54. The zero-order valence-electron chi connectivity index (χ0n) is 23.9. The summed E-state index contributed by atoms with van der Waals surface area (Å²) in [5, 5.41) is 2.14. The van der Waals surface area contributed by atoms with Crippen molar-refractivity contribution in [2.24, 2.45) is 0 Å². The SMILES string of the molecule is CCCCCCCCCC(=O)N(CCC)CC(=O)N1CCc2sccc2C1c1ccc(C(C)(C)C)cc1. The molecule has 5 heteroatoms. The highest BCUT2D eigenvalue weighted by Crippen LogP contribution is 2.38. The fraction of sp³-hybridized carbons (Fsp3) is 0.625. The number of unbranched alkanes of at least 4 members (excludes halogenated alkanes) is 6. The summed E-state index contributed by atoms with van der Waals surface area (Å²) in [6.07, 6.45) is 10.6. The van der Waals surface area contributed by atoms with E-state index in [1.54, 1.807) is 11.3 Å². The van der Waals surface area contributed by atoms with Gasteiger partial charge in [0.15, 0.2) is 0 Å². The average Bonchev–Trinajstić information content (AvgIpc) is 3.35. The molecule has 1 aliphatic heterocycles. The quantitative estimate of drug-likeness (QED) is 0.250. The summed E-state index contributed by atoms with van der Waals surface area (Å²) in [5.74, 6) is 0.186. The lowest BCUT2D eigenvalue weighted by molar-refractivity contribution is -0.141. The molecule has 2 aromatic rings. The minimum Gasteiger partial charge on any atom is -0.333 e. The van der Waals surface area contributed by atoms with Crippen molar-refractivity contribution < 1.29 is 9.59 Å². The first-order valence-electron chi connectivity index (χ1n) is 14.5. The van der Waals surface area contributed by atoms with Crippen LogP contribution in [0.2, 0.25) is 0 Å². The molecule has 0 saturated heterocycles. The molecule has 0 bridgehead atoms. The first kappa shape index (κ1) is 29.4. The highest BCUT2D eigenvalue weighted by molar-refractivity contribution is 7.10. The highest BCUT2D eigenvalue weighted by Gasteiger charge is 2.34. The largest absolute Gasteiger partial charge is 0.333 e. The Bertz CT molecular complexity index is 989. The lowest BCUT2D eigenvalue weighted by Gasteiger charge is -2.38. The lowest BCUT2D eigenvalue weighted by atomic mass is 9.85. The zero-order valence-corrected chi connectivity index (χ0v) is 24.7. The maximum absolute atomic E-state index is 13.7. The van der Waals surface area contributed by atoms with Crippen molar-refractivity contribution in [3.8, 4) is 0 Å².